The van der Waals surface area contributed by atoms with E-state index < -0.39 is 0 Å². The van der Waals surface area contributed by atoms with Gasteiger partial charge in [-0.15, -0.1) is 0 Å². The molecule has 0 bridgehead atoms. The zero-order valence-electron chi connectivity index (χ0n) is 12.1. The zero-order valence-corrected chi connectivity index (χ0v) is 12.1. The van der Waals surface area contributed by atoms with Gasteiger partial charge in [-0.1, -0.05) is 20.4 Å². The van der Waals surface area contributed by atoms with E-state index in [1.54, 1.807) is 11.0 Å². The highest BCUT2D eigenvalue weighted by Gasteiger charge is 2.24. The van der Waals surface area contributed by atoms with E-state index in [4.69, 9.17) is 0 Å². The second kappa shape index (κ2) is 6.18. The van der Waals surface area contributed by atoms with Crippen molar-refractivity contribution < 1.29 is 9.18 Å². The lowest BCUT2D eigenvalue weighted by molar-refractivity contribution is -0.118. The van der Waals surface area contributed by atoms with Crippen LogP contribution in [0.3, 0.4) is 0 Å². The summed E-state index contributed by atoms with van der Waals surface area (Å²) in [5.41, 5.74) is 2.66. The first-order chi connectivity index (χ1) is 9.47. The van der Waals surface area contributed by atoms with E-state index in [0.717, 1.165) is 16.8 Å². The number of carbonyl (C=O) groups excluding carboxylic acids is 1. The van der Waals surface area contributed by atoms with Crippen LogP contribution in [0.25, 0.3) is 0 Å². The summed E-state index contributed by atoms with van der Waals surface area (Å²) < 4.78 is 13.3. The predicted molar refractivity (Wildman–Crippen MR) is 79.4 cm³/mol. The third kappa shape index (κ3) is 3.45. The van der Waals surface area contributed by atoms with Gasteiger partial charge < -0.3 is 10.2 Å². The molecule has 1 amide bonds. The van der Waals surface area contributed by atoms with Crippen molar-refractivity contribution >= 4 is 11.6 Å². The largest absolute Gasteiger partial charge is 0.311 e. The fourth-order valence-corrected chi connectivity index (χ4v) is 2.33. The second-order valence-electron chi connectivity index (χ2n) is 5.54. The molecule has 108 valence electrons. The van der Waals surface area contributed by atoms with Gasteiger partial charge in [0, 0.05) is 31.2 Å². The number of halogens is 1. The average molecular weight is 276 g/mol. The summed E-state index contributed by atoms with van der Waals surface area (Å²) in [5.74, 6) is -0.173. The van der Waals surface area contributed by atoms with Gasteiger partial charge in [-0.3, -0.25) is 4.79 Å². The van der Waals surface area contributed by atoms with Crippen LogP contribution in [0.1, 0.15) is 25.8 Å². The number of amides is 1. The van der Waals surface area contributed by atoms with Crippen molar-refractivity contribution in [3.63, 3.8) is 0 Å². The number of nitrogens with zero attached hydrogens (tertiary/aromatic N) is 1. The summed E-state index contributed by atoms with van der Waals surface area (Å²) in [4.78, 5) is 13.8. The Morgan fingerprint density at radius 2 is 2.20 bits per heavy atom. The molecule has 1 aliphatic rings. The lowest BCUT2D eigenvalue weighted by Gasteiger charge is -2.30. The lowest BCUT2D eigenvalue weighted by Crippen LogP contribution is -2.38. The summed E-state index contributed by atoms with van der Waals surface area (Å²) in [6.07, 6.45) is 1.04. The molecule has 1 aromatic rings. The first-order valence-electron chi connectivity index (χ1n) is 6.96. The van der Waals surface area contributed by atoms with Crippen molar-refractivity contribution in [3.05, 3.63) is 41.7 Å². The molecule has 0 aliphatic carbocycles. The molecule has 1 heterocycles. The van der Waals surface area contributed by atoms with Crippen molar-refractivity contribution in [3.8, 4) is 0 Å². The molecule has 1 N–H and O–H groups in total. The van der Waals surface area contributed by atoms with Crippen molar-refractivity contribution in [2.24, 2.45) is 0 Å². The Hall–Kier alpha value is -1.68. The molecule has 3 nitrogen and oxygen atoms in total. The quantitative estimate of drug-likeness (QED) is 0.839. The predicted octanol–water partition coefficient (Wildman–Crippen LogP) is 2.66. The van der Waals surface area contributed by atoms with Gasteiger partial charge in [-0.2, -0.15) is 0 Å². The number of benzene rings is 1. The fraction of sp³-hybridized carbons (Fsp3) is 0.438. The van der Waals surface area contributed by atoms with Crippen molar-refractivity contribution in [1.82, 2.24) is 5.32 Å². The van der Waals surface area contributed by atoms with Gasteiger partial charge in [0.25, 0.3) is 0 Å². The smallest absolute Gasteiger partial charge is 0.227 e. The molecule has 0 saturated carbocycles. The number of nitrogens with one attached hydrogen (secondary N) is 1. The molecule has 0 unspecified atom stereocenters. The zero-order chi connectivity index (χ0) is 14.7. The first kappa shape index (κ1) is 14.7. The van der Waals surface area contributed by atoms with Crippen LogP contribution < -0.4 is 10.2 Å². The molecule has 0 atom stereocenters. The van der Waals surface area contributed by atoms with Crippen LogP contribution in [0.2, 0.25) is 0 Å². The summed E-state index contributed by atoms with van der Waals surface area (Å²) in [5, 5.41) is 3.29. The SMILES string of the molecule is C=C(CNC(C)C)CN1C(=O)CCc2cc(F)ccc21. The number of rotatable bonds is 5. The molecule has 2 rings (SSSR count). The van der Waals surface area contributed by atoms with Crippen molar-refractivity contribution in [2.75, 3.05) is 18.0 Å². The normalized spacial score (nSPS) is 14.6. The van der Waals surface area contributed by atoms with Gasteiger partial charge in [0.05, 0.1) is 0 Å². The minimum Gasteiger partial charge on any atom is -0.311 e. The number of hydrogen-bond donors (Lipinski definition) is 1. The summed E-state index contributed by atoms with van der Waals surface area (Å²) >= 11 is 0. The molecule has 0 saturated heterocycles. The topological polar surface area (TPSA) is 32.3 Å². The van der Waals surface area contributed by atoms with Crippen LogP contribution in [0, 0.1) is 5.82 Å². The second-order valence-corrected chi connectivity index (χ2v) is 5.54. The lowest BCUT2D eigenvalue weighted by atomic mass is 10.0. The van der Waals surface area contributed by atoms with Gasteiger partial charge in [0.2, 0.25) is 5.91 Å². The highest BCUT2D eigenvalue weighted by atomic mass is 19.1. The Kier molecular flexibility index (Phi) is 4.55. The number of carbonyl (C=O) groups is 1. The van der Waals surface area contributed by atoms with E-state index in [9.17, 15) is 9.18 Å². The molecule has 0 spiro atoms. The molecule has 0 fully saturated rings. The van der Waals surface area contributed by atoms with E-state index in [2.05, 4.69) is 25.7 Å². The van der Waals surface area contributed by atoms with E-state index in [1.165, 1.54) is 12.1 Å². The minimum atomic E-state index is -0.252. The molecule has 1 aliphatic heterocycles. The van der Waals surface area contributed by atoms with Crippen LogP contribution in [-0.2, 0) is 11.2 Å². The van der Waals surface area contributed by atoms with E-state index in [1.807, 2.05) is 0 Å². The van der Waals surface area contributed by atoms with Crippen LogP contribution in [0.15, 0.2) is 30.4 Å². The Balaban J connectivity index is 2.11. The van der Waals surface area contributed by atoms with Crippen LogP contribution in [0.4, 0.5) is 10.1 Å². The fourth-order valence-electron chi connectivity index (χ4n) is 2.33. The van der Waals surface area contributed by atoms with Gasteiger partial charge in [-0.05, 0) is 35.8 Å². The third-order valence-corrected chi connectivity index (χ3v) is 3.38. The number of anilines is 1. The van der Waals surface area contributed by atoms with Gasteiger partial charge >= 0.3 is 0 Å². The van der Waals surface area contributed by atoms with Gasteiger partial charge in [0.1, 0.15) is 5.82 Å². The van der Waals surface area contributed by atoms with Crippen LogP contribution in [-0.4, -0.2) is 25.0 Å². The van der Waals surface area contributed by atoms with Crippen LogP contribution in [0.5, 0.6) is 0 Å². The van der Waals surface area contributed by atoms with E-state index in [0.29, 0.717) is 32.0 Å². The molecule has 0 aromatic heterocycles. The highest BCUT2D eigenvalue weighted by molar-refractivity contribution is 5.96. The Labute approximate surface area is 119 Å². The molecular weight excluding hydrogens is 255 g/mol. The molecular formula is C16H21FN2O. The third-order valence-electron chi connectivity index (χ3n) is 3.38. The van der Waals surface area contributed by atoms with E-state index >= 15 is 0 Å². The number of aryl methyl sites for hydroxylation is 1. The summed E-state index contributed by atoms with van der Waals surface area (Å²) in [6.45, 7) is 9.31. The average Bonchev–Trinajstić information content (AvgIpc) is 2.39. The Morgan fingerprint density at radius 3 is 2.90 bits per heavy atom. The van der Waals surface area contributed by atoms with Crippen LogP contribution >= 0.6 is 0 Å². The van der Waals surface area contributed by atoms with Gasteiger partial charge in [0.15, 0.2) is 0 Å². The Bertz CT molecular complexity index is 525. The summed E-state index contributed by atoms with van der Waals surface area (Å²) in [7, 11) is 0. The van der Waals surface area contributed by atoms with E-state index in [-0.39, 0.29) is 11.7 Å². The minimum absolute atomic E-state index is 0.0785. The molecule has 1 aromatic carbocycles. The van der Waals surface area contributed by atoms with Crippen molar-refractivity contribution in [1.29, 1.82) is 0 Å². The standard InChI is InChI=1S/C16H21FN2O/c1-11(2)18-9-12(3)10-19-15-6-5-14(17)8-13(15)4-7-16(19)20/h5-6,8,11,18H,3-4,7,9-10H2,1-2H3. The first-order valence-corrected chi connectivity index (χ1v) is 6.96. The molecule has 0 radical (unpaired) electrons. The maximum atomic E-state index is 13.3. The maximum absolute atomic E-state index is 13.3. The van der Waals surface area contributed by atoms with Gasteiger partial charge in [-0.25, -0.2) is 4.39 Å². The molecule has 20 heavy (non-hydrogen) atoms. The monoisotopic (exact) mass is 276 g/mol. The maximum Gasteiger partial charge on any atom is 0.227 e. The number of hydrogen-bond acceptors (Lipinski definition) is 2. The Morgan fingerprint density at radius 1 is 1.45 bits per heavy atom. The van der Waals surface area contributed by atoms with Crippen molar-refractivity contribution in [2.45, 2.75) is 32.7 Å². The highest BCUT2D eigenvalue weighted by Crippen LogP contribution is 2.28. The number of fused-ring (bicyclic) bond motifs is 1. The molecule has 4 heteroatoms. The summed E-state index contributed by atoms with van der Waals surface area (Å²) in [6, 6.07) is 4.99.